The Kier molecular flexibility index (Phi) is 5.38. The first-order chi connectivity index (χ1) is 12.7. The third kappa shape index (κ3) is 4.06. The van der Waals surface area contributed by atoms with E-state index < -0.39 is 14.9 Å². The molecule has 2 saturated heterocycles. The summed E-state index contributed by atoms with van der Waals surface area (Å²) in [6.07, 6.45) is 0.960. The van der Waals surface area contributed by atoms with E-state index in [0.29, 0.717) is 26.2 Å². The SMILES string of the molecule is C[C@H]1C[C@H](C)CN(S(=O)(=O)c2ccc(N3CCNC(=O)C3)c([N+](=O)[O-])c2)C1. The van der Waals surface area contributed by atoms with Gasteiger partial charge in [0.05, 0.1) is 16.4 Å². The summed E-state index contributed by atoms with van der Waals surface area (Å²) in [6.45, 7) is 5.66. The molecule has 0 unspecified atom stereocenters. The Bertz CT molecular complexity index is 847. The number of benzene rings is 1. The summed E-state index contributed by atoms with van der Waals surface area (Å²) in [7, 11) is -3.81. The Hall–Kier alpha value is -2.20. The molecule has 1 N–H and O–H groups in total. The van der Waals surface area contributed by atoms with E-state index in [-0.39, 0.29) is 40.6 Å². The standard InChI is InChI=1S/C17H24N4O5S/c1-12-7-13(2)10-20(9-12)27(25,26)14-3-4-15(16(8-14)21(23)24)19-6-5-18-17(22)11-19/h3-4,8,12-13H,5-7,9-11H2,1-2H3,(H,18,22)/t12-,13-/m0/s1. The Labute approximate surface area is 158 Å². The summed E-state index contributed by atoms with van der Waals surface area (Å²) in [5.41, 5.74) is -0.0435. The van der Waals surface area contributed by atoms with Gasteiger partial charge in [-0.2, -0.15) is 4.31 Å². The zero-order chi connectivity index (χ0) is 19.8. The molecular formula is C17H24N4O5S. The zero-order valence-corrected chi connectivity index (χ0v) is 16.2. The summed E-state index contributed by atoms with van der Waals surface area (Å²) in [5, 5.41) is 14.2. The summed E-state index contributed by atoms with van der Waals surface area (Å²) < 4.78 is 27.5. The molecule has 0 spiro atoms. The fourth-order valence-electron chi connectivity index (χ4n) is 3.87. The molecule has 0 saturated carbocycles. The van der Waals surface area contributed by atoms with Gasteiger partial charge in [-0.05, 0) is 30.4 Å². The van der Waals surface area contributed by atoms with Gasteiger partial charge in [-0.1, -0.05) is 13.8 Å². The molecule has 9 nitrogen and oxygen atoms in total. The highest BCUT2D eigenvalue weighted by Gasteiger charge is 2.34. The molecule has 2 atom stereocenters. The molecule has 0 bridgehead atoms. The van der Waals surface area contributed by atoms with Crippen molar-refractivity contribution in [2.45, 2.75) is 25.2 Å². The zero-order valence-electron chi connectivity index (χ0n) is 15.4. The Morgan fingerprint density at radius 3 is 2.48 bits per heavy atom. The van der Waals surface area contributed by atoms with Crippen molar-refractivity contribution in [3.8, 4) is 0 Å². The van der Waals surface area contributed by atoms with Gasteiger partial charge in [0.25, 0.3) is 5.69 Å². The number of carbonyl (C=O) groups excluding carboxylic acids is 1. The van der Waals surface area contributed by atoms with E-state index in [2.05, 4.69) is 5.32 Å². The lowest BCUT2D eigenvalue weighted by atomic mass is 9.94. The summed E-state index contributed by atoms with van der Waals surface area (Å²) in [5.74, 6) is 0.262. The molecule has 2 aliphatic heterocycles. The van der Waals surface area contributed by atoms with E-state index in [1.165, 1.54) is 16.4 Å². The van der Waals surface area contributed by atoms with Crippen molar-refractivity contribution in [2.24, 2.45) is 11.8 Å². The topological polar surface area (TPSA) is 113 Å². The second-order valence-corrected chi connectivity index (χ2v) is 9.39. The van der Waals surface area contributed by atoms with Crippen LogP contribution in [0.4, 0.5) is 11.4 Å². The maximum absolute atomic E-state index is 13.0. The Morgan fingerprint density at radius 1 is 1.22 bits per heavy atom. The van der Waals surface area contributed by atoms with Gasteiger partial charge >= 0.3 is 0 Å². The van der Waals surface area contributed by atoms with Crippen molar-refractivity contribution < 1.29 is 18.1 Å². The van der Waals surface area contributed by atoms with Gasteiger partial charge in [0.2, 0.25) is 15.9 Å². The first-order valence-electron chi connectivity index (χ1n) is 8.98. The summed E-state index contributed by atoms with van der Waals surface area (Å²) in [6, 6.07) is 3.94. The molecule has 1 aromatic rings. The molecule has 0 aliphatic carbocycles. The van der Waals surface area contributed by atoms with Crippen LogP contribution in [0.25, 0.3) is 0 Å². The average Bonchev–Trinajstić information content (AvgIpc) is 2.60. The minimum atomic E-state index is -3.81. The van der Waals surface area contributed by atoms with Gasteiger partial charge < -0.3 is 10.2 Å². The number of nitro groups is 1. The molecule has 1 amide bonds. The van der Waals surface area contributed by atoms with Gasteiger partial charge in [0.1, 0.15) is 5.69 Å². The van der Waals surface area contributed by atoms with Crippen LogP contribution in [0.5, 0.6) is 0 Å². The van der Waals surface area contributed by atoms with Gasteiger partial charge in [-0.25, -0.2) is 8.42 Å². The highest BCUT2D eigenvalue weighted by Crippen LogP contribution is 2.33. The van der Waals surface area contributed by atoms with Crippen LogP contribution in [0.1, 0.15) is 20.3 Å². The van der Waals surface area contributed by atoms with Crippen LogP contribution < -0.4 is 10.2 Å². The van der Waals surface area contributed by atoms with Crippen LogP contribution in [0.2, 0.25) is 0 Å². The molecule has 1 aromatic carbocycles. The molecule has 27 heavy (non-hydrogen) atoms. The molecule has 2 heterocycles. The predicted molar refractivity (Wildman–Crippen MR) is 100 cm³/mol. The number of nitrogens with zero attached hydrogens (tertiary/aromatic N) is 3. The third-order valence-corrected chi connectivity index (χ3v) is 6.82. The number of nitro benzene ring substituents is 1. The van der Waals surface area contributed by atoms with E-state index in [1.54, 1.807) is 4.90 Å². The van der Waals surface area contributed by atoms with E-state index in [9.17, 15) is 23.3 Å². The fraction of sp³-hybridized carbons (Fsp3) is 0.588. The van der Waals surface area contributed by atoms with E-state index >= 15 is 0 Å². The number of piperazine rings is 1. The van der Waals surface area contributed by atoms with Crippen LogP contribution in [0, 0.1) is 22.0 Å². The highest BCUT2D eigenvalue weighted by atomic mass is 32.2. The summed E-state index contributed by atoms with van der Waals surface area (Å²) >= 11 is 0. The van der Waals surface area contributed by atoms with Crippen LogP contribution in [0.15, 0.2) is 23.1 Å². The molecular weight excluding hydrogens is 372 g/mol. The number of amides is 1. The van der Waals surface area contributed by atoms with Crippen molar-refractivity contribution in [1.82, 2.24) is 9.62 Å². The number of hydrogen-bond acceptors (Lipinski definition) is 6. The second kappa shape index (κ2) is 7.43. The van der Waals surface area contributed by atoms with Gasteiger partial charge in [-0.15, -0.1) is 0 Å². The van der Waals surface area contributed by atoms with Gasteiger partial charge in [-0.3, -0.25) is 14.9 Å². The van der Waals surface area contributed by atoms with Crippen molar-refractivity contribution in [3.05, 3.63) is 28.3 Å². The largest absolute Gasteiger partial charge is 0.355 e. The molecule has 2 aliphatic rings. The number of anilines is 1. The van der Waals surface area contributed by atoms with Crippen molar-refractivity contribution >= 4 is 27.3 Å². The quantitative estimate of drug-likeness (QED) is 0.604. The molecule has 10 heteroatoms. The van der Waals surface area contributed by atoms with E-state index in [1.807, 2.05) is 13.8 Å². The first-order valence-corrected chi connectivity index (χ1v) is 10.4. The van der Waals surface area contributed by atoms with Crippen molar-refractivity contribution in [3.63, 3.8) is 0 Å². The molecule has 148 valence electrons. The van der Waals surface area contributed by atoms with E-state index in [4.69, 9.17) is 0 Å². The lowest BCUT2D eigenvalue weighted by molar-refractivity contribution is -0.384. The van der Waals surface area contributed by atoms with Crippen LogP contribution in [-0.4, -0.2) is 56.3 Å². The molecule has 3 rings (SSSR count). The van der Waals surface area contributed by atoms with Crippen LogP contribution in [0.3, 0.4) is 0 Å². The first kappa shape index (κ1) is 19.6. The summed E-state index contributed by atoms with van der Waals surface area (Å²) in [4.78, 5) is 24.1. The lowest BCUT2D eigenvalue weighted by Gasteiger charge is -2.34. The monoisotopic (exact) mass is 396 g/mol. The minimum Gasteiger partial charge on any atom is -0.355 e. The maximum Gasteiger partial charge on any atom is 0.293 e. The number of carbonyl (C=O) groups is 1. The van der Waals surface area contributed by atoms with Crippen molar-refractivity contribution in [2.75, 3.05) is 37.6 Å². The molecule has 2 fully saturated rings. The predicted octanol–water partition coefficient (Wildman–Crippen LogP) is 1.20. The third-order valence-electron chi connectivity index (χ3n) is 5.00. The number of rotatable bonds is 4. The fourth-order valence-corrected chi connectivity index (χ4v) is 5.57. The van der Waals surface area contributed by atoms with Crippen molar-refractivity contribution in [1.29, 1.82) is 0 Å². The minimum absolute atomic E-state index is 0.00803. The number of sulfonamides is 1. The average molecular weight is 396 g/mol. The lowest BCUT2D eigenvalue weighted by Crippen LogP contribution is -2.47. The van der Waals surface area contributed by atoms with Gasteiger partial charge in [0, 0.05) is 32.2 Å². The number of piperidine rings is 1. The smallest absolute Gasteiger partial charge is 0.293 e. The normalized spacial score (nSPS) is 24.5. The molecule has 0 radical (unpaired) electrons. The number of nitrogens with one attached hydrogen (secondary N) is 1. The Morgan fingerprint density at radius 2 is 1.89 bits per heavy atom. The maximum atomic E-state index is 13.0. The van der Waals surface area contributed by atoms with Crippen LogP contribution in [-0.2, 0) is 14.8 Å². The number of hydrogen-bond donors (Lipinski definition) is 1. The highest BCUT2D eigenvalue weighted by molar-refractivity contribution is 7.89. The van der Waals surface area contributed by atoms with Gasteiger partial charge in [0.15, 0.2) is 0 Å². The van der Waals surface area contributed by atoms with Crippen LogP contribution >= 0.6 is 0 Å². The Balaban J connectivity index is 1.96. The second-order valence-electron chi connectivity index (χ2n) is 7.45. The van der Waals surface area contributed by atoms with E-state index in [0.717, 1.165) is 12.5 Å². The molecule has 0 aromatic heterocycles.